The van der Waals surface area contributed by atoms with Crippen LogP contribution in [0.25, 0.3) is 44.4 Å². The molecule has 0 aliphatic heterocycles. The molecule has 0 saturated heterocycles. The smallest absolute Gasteiger partial charge is 0.509 e. The zero-order chi connectivity index (χ0) is 31.9. The Bertz CT molecular complexity index is 2210. The van der Waals surface area contributed by atoms with Gasteiger partial charge in [-0.15, -0.1) is 35.7 Å². The summed E-state index contributed by atoms with van der Waals surface area (Å²) in [5, 5.41) is 7.25. The predicted octanol–water partition coefficient (Wildman–Crippen LogP) is 10.1. The summed E-state index contributed by atoms with van der Waals surface area (Å²) in [7, 11) is 0. The van der Waals surface area contributed by atoms with Crippen LogP contribution in [-0.2, 0) is 33.9 Å². The zero-order valence-corrected chi connectivity index (χ0v) is 29.9. The molecule has 3 heterocycles. The molecule has 0 atom stereocenters. The van der Waals surface area contributed by atoms with Gasteiger partial charge in [-0.3, -0.25) is 4.68 Å². The Morgan fingerprint density at radius 1 is 0.809 bits per heavy atom. The first-order valence-electron chi connectivity index (χ1n) is 16.1. The van der Waals surface area contributed by atoms with Crippen molar-refractivity contribution in [3.05, 3.63) is 131 Å². The van der Waals surface area contributed by atoms with Crippen molar-refractivity contribution in [3.8, 4) is 34.1 Å². The average Bonchev–Trinajstić information content (AvgIpc) is 3.53. The molecule has 0 bridgehead atoms. The minimum Gasteiger partial charge on any atom is -0.509 e. The van der Waals surface area contributed by atoms with Crippen molar-refractivity contribution in [2.45, 2.75) is 54.4 Å². The summed E-state index contributed by atoms with van der Waals surface area (Å²) in [5.74, 6) is 2.70. The Morgan fingerprint density at radius 2 is 1.62 bits per heavy atom. The van der Waals surface area contributed by atoms with Gasteiger partial charge in [-0.2, -0.15) is 16.7 Å². The summed E-state index contributed by atoms with van der Waals surface area (Å²) < 4.78 is 10.7. The van der Waals surface area contributed by atoms with Gasteiger partial charge in [0, 0.05) is 34.5 Å². The van der Waals surface area contributed by atoms with Crippen molar-refractivity contribution in [2.24, 2.45) is 5.92 Å². The van der Waals surface area contributed by atoms with Crippen LogP contribution in [0.2, 0.25) is 0 Å². The van der Waals surface area contributed by atoms with Crippen molar-refractivity contribution < 1.29 is 25.8 Å². The fourth-order valence-corrected chi connectivity index (χ4v) is 6.49. The molecular formula is C41H38N4OPt. The fourth-order valence-electron chi connectivity index (χ4n) is 6.49. The van der Waals surface area contributed by atoms with Gasteiger partial charge in [0.1, 0.15) is 5.82 Å². The molecule has 6 heteroatoms. The molecule has 0 radical (unpaired) electrons. The monoisotopic (exact) mass is 797 g/mol. The molecule has 7 rings (SSSR count). The van der Waals surface area contributed by atoms with E-state index in [4.69, 9.17) is 14.8 Å². The molecule has 0 saturated carbocycles. The molecule has 0 aliphatic rings. The number of hydrogen-bond acceptors (Lipinski definition) is 3. The Morgan fingerprint density at radius 3 is 2.36 bits per heavy atom. The molecule has 0 amide bonds. The normalized spacial score (nSPS) is 11.4. The first-order valence-corrected chi connectivity index (χ1v) is 16.1. The second kappa shape index (κ2) is 13.3. The number of ether oxygens (including phenoxy) is 1. The van der Waals surface area contributed by atoms with Crippen LogP contribution in [0.1, 0.15) is 48.8 Å². The van der Waals surface area contributed by atoms with Gasteiger partial charge in [0.2, 0.25) is 0 Å². The molecule has 0 spiro atoms. The van der Waals surface area contributed by atoms with Crippen molar-refractivity contribution in [1.29, 1.82) is 0 Å². The van der Waals surface area contributed by atoms with Crippen molar-refractivity contribution in [3.63, 3.8) is 0 Å². The molecule has 47 heavy (non-hydrogen) atoms. The van der Waals surface area contributed by atoms with Crippen LogP contribution in [0.3, 0.4) is 0 Å². The second-order valence-corrected chi connectivity index (χ2v) is 12.6. The van der Waals surface area contributed by atoms with E-state index in [1.54, 1.807) is 0 Å². The third-order valence-electron chi connectivity index (χ3n) is 8.59. The molecule has 3 aromatic heterocycles. The zero-order valence-electron chi connectivity index (χ0n) is 27.7. The first kappa shape index (κ1) is 32.5. The second-order valence-electron chi connectivity index (χ2n) is 12.6. The summed E-state index contributed by atoms with van der Waals surface area (Å²) in [5.41, 5.74) is 10.9. The van der Waals surface area contributed by atoms with Crippen molar-refractivity contribution in [1.82, 2.24) is 19.3 Å². The first-order chi connectivity index (χ1) is 22.3. The number of aromatic nitrogens is 4. The number of pyridine rings is 1. The Kier molecular flexibility index (Phi) is 9.21. The topological polar surface area (TPSA) is 44.9 Å². The largest absolute Gasteiger partial charge is 2.00 e. The van der Waals surface area contributed by atoms with Gasteiger partial charge in [0.15, 0.2) is 0 Å². The summed E-state index contributed by atoms with van der Waals surface area (Å²) in [6.07, 6.45) is 3.76. The summed E-state index contributed by atoms with van der Waals surface area (Å²) in [6, 6.07) is 36.8. The van der Waals surface area contributed by atoms with E-state index in [9.17, 15) is 0 Å². The van der Waals surface area contributed by atoms with Gasteiger partial charge in [0.05, 0.1) is 5.69 Å². The standard InChI is InChI=1S/C41H38N4O.Pt/c1-7-30-21-33(45-29(6)41(28(5)43-45)32-11-9-8-10-12-32)24-35(22-30)46-34-14-15-36-37-23-31(19-26(2)3)13-16-38(37)44(39(36)25-34)40-20-27(4)17-18-42-40;/h8-18,20-23,26H,7,19H2,1-6H3;/q-2;+2. The van der Waals surface area contributed by atoms with Gasteiger partial charge >= 0.3 is 21.1 Å². The van der Waals surface area contributed by atoms with Crippen LogP contribution in [-0.4, -0.2) is 19.3 Å². The van der Waals surface area contributed by atoms with Crippen LogP contribution in [0.4, 0.5) is 0 Å². The Balaban J connectivity index is 0.00000386. The van der Waals surface area contributed by atoms with Crippen LogP contribution in [0.5, 0.6) is 11.5 Å². The Hall–Kier alpha value is -4.47. The number of rotatable bonds is 8. The third kappa shape index (κ3) is 6.29. The minimum absolute atomic E-state index is 0. The van der Waals surface area contributed by atoms with Gasteiger partial charge in [0.25, 0.3) is 0 Å². The van der Waals surface area contributed by atoms with Gasteiger partial charge < -0.3 is 9.30 Å². The third-order valence-corrected chi connectivity index (χ3v) is 8.59. The van der Waals surface area contributed by atoms with E-state index in [0.29, 0.717) is 17.4 Å². The molecule has 0 unspecified atom stereocenters. The van der Waals surface area contributed by atoms with Gasteiger partial charge in [-0.1, -0.05) is 75.2 Å². The maximum atomic E-state index is 6.55. The molecule has 5 nitrogen and oxygen atoms in total. The van der Waals surface area contributed by atoms with E-state index >= 15 is 0 Å². The van der Waals surface area contributed by atoms with E-state index in [1.165, 1.54) is 10.9 Å². The summed E-state index contributed by atoms with van der Waals surface area (Å²) >= 11 is 0. The quantitative estimate of drug-likeness (QED) is 0.144. The van der Waals surface area contributed by atoms with Crippen LogP contribution in [0.15, 0.2) is 91.1 Å². The molecular weight excluding hydrogens is 760 g/mol. The van der Waals surface area contributed by atoms with Crippen molar-refractivity contribution in [2.75, 3.05) is 0 Å². The Labute approximate surface area is 291 Å². The maximum Gasteiger partial charge on any atom is 2.00 e. The predicted molar refractivity (Wildman–Crippen MR) is 187 cm³/mol. The molecule has 7 aromatic rings. The summed E-state index contributed by atoms with van der Waals surface area (Å²) in [4.78, 5) is 4.76. The van der Waals surface area contributed by atoms with E-state index in [1.807, 2.05) is 29.1 Å². The van der Waals surface area contributed by atoms with E-state index in [0.717, 1.165) is 74.4 Å². The van der Waals surface area contributed by atoms with Crippen LogP contribution in [0, 0.1) is 38.8 Å². The molecule has 238 valence electrons. The van der Waals surface area contributed by atoms with E-state index in [2.05, 4.69) is 125 Å². The van der Waals surface area contributed by atoms with Crippen LogP contribution >= 0.6 is 0 Å². The number of fused-ring (bicyclic) bond motifs is 3. The average molecular weight is 798 g/mol. The number of hydrogen-bond donors (Lipinski definition) is 0. The molecule has 0 N–H and O–H groups in total. The SMILES string of the molecule is CCc1cc(Oc2[c-]c3c(cc2)c2cc(CC(C)C)ccc2n3-c2cc(C)ccn2)[c-]c(-n2nc(C)c(-c3ccccc3)c2C)c1.[Pt+2]. The van der Waals surface area contributed by atoms with Crippen LogP contribution < -0.4 is 4.74 Å². The maximum absolute atomic E-state index is 6.55. The minimum atomic E-state index is 0. The number of nitrogens with zero attached hydrogens (tertiary/aromatic N) is 4. The van der Waals surface area contributed by atoms with Gasteiger partial charge in [-0.25, -0.2) is 4.98 Å². The summed E-state index contributed by atoms with van der Waals surface area (Å²) in [6.45, 7) is 12.9. The van der Waals surface area contributed by atoms with E-state index in [-0.39, 0.29) is 21.1 Å². The molecule has 4 aromatic carbocycles. The molecule has 0 fully saturated rings. The molecule has 0 aliphatic carbocycles. The van der Waals surface area contributed by atoms with E-state index < -0.39 is 0 Å². The fraction of sp³-hybridized carbons (Fsp3) is 0.220. The van der Waals surface area contributed by atoms with Crippen molar-refractivity contribution >= 4 is 21.8 Å². The number of aryl methyl sites for hydroxylation is 3. The van der Waals surface area contributed by atoms with Gasteiger partial charge in [-0.05, 0) is 79.1 Å². The number of benzene rings is 4.